The molecule has 2 atom stereocenters. The normalized spacial score (nSPS) is 13.8. The second kappa shape index (κ2) is 25.7. The maximum Gasteiger partial charge on any atom is 0.417 e. The molecule has 0 N–H and O–H groups in total. The number of unbranched alkanes of at least 4 members (excludes halogenated alkanes) is 6. The topological polar surface area (TPSA) is 3.24 Å². The molecule has 0 fully saturated rings. The first-order valence-corrected chi connectivity index (χ1v) is 32.3. The summed E-state index contributed by atoms with van der Waals surface area (Å²) in [6.45, 7) is 17.3. The first-order chi connectivity index (χ1) is 30.6. The van der Waals surface area contributed by atoms with Crippen LogP contribution in [0.5, 0.6) is 0 Å². The Morgan fingerprint density at radius 1 is 0.438 bits per heavy atom. The summed E-state index contributed by atoms with van der Waals surface area (Å²) < 4.78 is 95.1. The zero-order valence-electron chi connectivity index (χ0n) is 40.2. The molecule has 354 valence electrons. The summed E-state index contributed by atoms with van der Waals surface area (Å²) in [5.41, 5.74) is -1.44. The van der Waals surface area contributed by atoms with Gasteiger partial charge in [-0.05, 0) is 36.6 Å². The van der Waals surface area contributed by atoms with Crippen LogP contribution in [0, 0.1) is 0 Å². The monoisotopic (exact) mass is 959 g/mol. The van der Waals surface area contributed by atoms with Crippen LogP contribution < -0.4 is 31.6 Å². The molecule has 4 aromatic carbocycles. The lowest BCUT2D eigenvalue weighted by atomic mass is 10.2. The van der Waals surface area contributed by atoms with E-state index in [-0.39, 0.29) is 10.6 Å². The van der Waals surface area contributed by atoms with Crippen LogP contribution in [-0.4, -0.2) is 26.6 Å². The lowest BCUT2D eigenvalue weighted by molar-refractivity contribution is -0.137. The van der Waals surface area contributed by atoms with Crippen molar-refractivity contribution >= 4 is 63.9 Å². The van der Waals surface area contributed by atoms with Crippen LogP contribution in [0.4, 0.5) is 26.3 Å². The van der Waals surface area contributed by atoms with E-state index >= 15 is 26.3 Å². The Morgan fingerprint density at radius 3 is 1.00 bits per heavy atom. The SMILES string of the molecule is CCCC[Si](CCCC)(CCCC)c1cccc(P(c2ccccc2C(F)(F)F)N(C(C)C)P(c2cccc([Si](CCCC)(CCCC)CCCC)c2)c2ccccc2C(F)(F)F)c1. The molecular formula is C53H77F6NP2Si2. The minimum Gasteiger partial charge on any atom is -0.242 e. The van der Waals surface area contributed by atoms with E-state index in [4.69, 9.17) is 0 Å². The van der Waals surface area contributed by atoms with Gasteiger partial charge in [0.2, 0.25) is 0 Å². The van der Waals surface area contributed by atoms with Crippen LogP contribution in [0.2, 0.25) is 36.3 Å². The molecule has 0 saturated heterocycles. The highest BCUT2D eigenvalue weighted by Gasteiger charge is 2.44. The van der Waals surface area contributed by atoms with E-state index in [0.717, 1.165) is 136 Å². The van der Waals surface area contributed by atoms with Crippen molar-refractivity contribution < 1.29 is 26.3 Å². The van der Waals surface area contributed by atoms with E-state index in [0.29, 0.717) is 0 Å². The van der Waals surface area contributed by atoms with Crippen molar-refractivity contribution in [2.75, 3.05) is 0 Å². The maximum atomic E-state index is 15.5. The molecule has 0 heterocycles. The van der Waals surface area contributed by atoms with Crippen molar-refractivity contribution in [3.8, 4) is 0 Å². The van der Waals surface area contributed by atoms with Crippen LogP contribution in [-0.2, 0) is 12.4 Å². The van der Waals surface area contributed by atoms with Gasteiger partial charge in [-0.15, -0.1) is 0 Å². The predicted octanol–water partition coefficient (Wildman–Crippen LogP) is 15.9. The second-order valence-corrected chi connectivity index (χ2v) is 32.0. The fourth-order valence-electron chi connectivity index (χ4n) is 9.73. The quantitative estimate of drug-likeness (QED) is 0.0327. The summed E-state index contributed by atoms with van der Waals surface area (Å²) in [5.74, 6) is 0. The average Bonchev–Trinajstić information content (AvgIpc) is 3.28. The van der Waals surface area contributed by atoms with E-state index in [2.05, 4.69) is 70.2 Å². The lowest BCUT2D eigenvalue weighted by Crippen LogP contribution is -2.49. The molecule has 1 nitrogen and oxygen atoms in total. The van der Waals surface area contributed by atoms with Gasteiger partial charge in [0.15, 0.2) is 0 Å². The van der Waals surface area contributed by atoms with E-state index < -0.39 is 61.8 Å². The Hall–Kier alpha value is -2.29. The van der Waals surface area contributed by atoms with Gasteiger partial charge in [-0.25, -0.2) is 4.44 Å². The van der Waals surface area contributed by atoms with Crippen LogP contribution in [0.1, 0.15) is 144 Å². The molecule has 64 heavy (non-hydrogen) atoms. The number of nitrogens with zero attached hydrogens (tertiary/aromatic N) is 1. The molecule has 0 amide bonds. The lowest BCUT2D eigenvalue weighted by Gasteiger charge is -2.44. The molecule has 0 aromatic heterocycles. The number of rotatable bonds is 27. The number of hydrogen-bond acceptors (Lipinski definition) is 1. The van der Waals surface area contributed by atoms with Gasteiger partial charge in [-0.3, -0.25) is 0 Å². The minimum atomic E-state index is -4.67. The highest BCUT2D eigenvalue weighted by molar-refractivity contribution is 7.84. The van der Waals surface area contributed by atoms with Gasteiger partial charge in [0.05, 0.1) is 27.3 Å². The number of benzene rings is 4. The van der Waals surface area contributed by atoms with E-state index in [1.807, 2.05) is 38.1 Å². The minimum absolute atomic E-state index is 0.143. The van der Waals surface area contributed by atoms with Gasteiger partial charge in [-0.2, -0.15) is 26.3 Å². The summed E-state index contributed by atoms with van der Waals surface area (Å²) in [6.07, 6.45) is 3.68. The number of hydrogen-bond donors (Lipinski definition) is 0. The third kappa shape index (κ3) is 13.9. The Labute approximate surface area is 388 Å². The third-order valence-corrected chi connectivity index (χ3v) is 30.2. The van der Waals surface area contributed by atoms with Crippen molar-refractivity contribution in [1.29, 1.82) is 0 Å². The summed E-state index contributed by atoms with van der Waals surface area (Å²) >= 11 is 0. The smallest absolute Gasteiger partial charge is 0.242 e. The van der Waals surface area contributed by atoms with Gasteiger partial charge in [-0.1, -0.05) is 250 Å². The van der Waals surface area contributed by atoms with E-state index in [1.54, 1.807) is 24.3 Å². The van der Waals surface area contributed by atoms with Gasteiger partial charge in [0.25, 0.3) is 0 Å². The first-order valence-electron chi connectivity index (χ1n) is 24.5. The van der Waals surface area contributed by atoms with Crippen molar-refractivity contribution in [2.45, 2.75) is 187 Å². The average molecular weight is 960 g/mol. The number of halogens is 6. The molecule has 0 aliphatic rings. The van der Waals surface area contributed by atoms with Crippen molar-refractivity contribution in [3.63, 3.8) is 0 Å². The molecule has 11 heteroatoms. The zero-order valence-corrected chi connectivity index (χ0v) is 43.9. The molecule has 2 unspecified atom stereocenters. The molecule has 0 aliphatic heterocycles. The van der Waals surface area contributed by atoms with Crippen molar-refractivity contribution in [1.82, 2.24) is 4.44 Å². The second-order valence-electron chi connectivity index (χ2n) is 18.4. The zero-order chi connectivity index (χ0) is 47.0. The maximum absolute atomic E-state index is 15.5. The molecule has 0 spiro atoms. The number of alkyl halides is 6. The van der Waals surface area contributed by atoms with Crippen LogP contribution in [0.15, 0.2) is 97.1 Å². The molecule has 4 aromatic rings. The standard InChI is InChI=1S/C53H77F6NP2Si2/c1-9-15-35-63(36-16-10-2,37-17-11-3)46-29-25-27-44(41-46)61(50-33-23-21-31-48(50)52(54,55)56)60(43(7)8)62(51-34-24-22-32-49(51)53(57,58)59)45-28-26-30-47(42-45)64(38-18-12-4,39-19-13-5)40-20-14-6/h21-34,41-43H,9-20,35-40H2,1-8H3. The molecule has 0 saturated carbocycles. The largest absolute Gasteiger partial charge is 0.417 e. The van der Waals surface area contributed by atoms with Crippen molar-refractivity contribution in [3.05, 3.63) is 108 Å². The third-order valence-electron chi connectivity index (χ3n) is 13.2. The van der Waals surface area contributed by atoms with Crippen LogP contribution >= 0.6 is 16.1 Å². The summed E-state index contributed by atoms with van der Waals surface area (Å²) in [5, 5.41) is 4.41. The highest BCUT2D eigenvalue weighted by Crippen LogP contribution is 2.58. The van der Waals surface area contributed by atoms with E-state index in [1.165, 1.54) is 22.5 Å². The first kappa shape index (κ1) is 54.3. The van der Waals surface area contributed by atoms with Crippen molar-refractivity contribution in [2.24, 2.45) is 0 Å². The Balaban J connectivity index is 2.20. The van der Waals surface area contributed by atoms with Gasteiger partial charge in [0.1, 0.15) is 0 Å². The molecular weight excluding hydrogens is 883 g/mol. The molecule has 0 radical (unpaired) electrons. The predicted molar refractivity (Wildman–Crippen MR) is 274 cm³/mol. The van der Waals surface area contributed by atoms with Gasteiger partial charge >= 0.3 is 12.4 Å². The van der Waals surface area contributed by atoms with Crippen LogP contribution in [0.25, 0.3) is 0 Å². The summed E-state index contributed by atoms with van der Waals surface area (Å²) in [4.78, 5) is 0. The Morgan fingerprint density at radius 2 is 0.734 bits per heavy atom. The highest BCUT2D eigenvalue weighted by atomic mass is 31.2. The summed E-state index contributed by atoms with van der Waals surface area (Å²) in [6, 6.07) is 35.0. The fourth-order valence-corrected chi connectivity index (χ4v) is 27.8. The Kier molecular flexibility index (Phi) is 21.8. The van der Waals surface area contributed by atoms with Gasteiger partial charge < -0.3 is 0 Å². The summed E-state index contributed by atoms with van der Waals surface area (Å²) in [7, 11) is -8.36. The molecule has 4 rings (SSSR count). The molecule has 0 bridgehead atoms. The van der Waals surface area contributed by atoms with Crippen LogP contribution in [0.3, 0.4) is 0 Å². The Bertz CT molecular complexity index is 1800. The fraction of sp³-hybridized carbons (Fsp3) is 0.547. The molecule has 0 aliphatic carbocycles. The van der Waals surface area contributed by atoms with E-state index in [9.17, 15) is 0 Å². The van der Waals surface area contributed by atoms with Gasteiger partial charge in [0, 0.05) is 32.8 Å².